The predicted octanol–water partition coefficient (Wildman–Crippen LogP) is 0.428. The SMILES string of the molecule is O=C1CCC(C(=O)NCC2CCCCC2CO)CN1. The van der Waals surface area contributed by atoms with E-state index in [4.69, 9.17) is 0 Å². The molecule has 3 atom stereocenters. The van der Waals surface area contributed by atoms with E-state index < -0.39 is 0 Å². The molecule has 1 saturated carbocycles. The highest BCUT2D eigenvalue weighted by Gasteiger charge is 2.27. The van der Waals surface area contributed by atoms with Gasteiger partial charge in [0.15, 0.2) is 0 Å². The van der Waals surface area contributed by atoms with Crippen LogP contribution in [0.2, 0.25) is 0 Å². The fourth-order valence-electron chi connectivity index (χ4n) is 3.13. The molecular formula is C14H24N2O3. The van der Waals surface area contributed by atoms with Gasteiger partial charge in [-0.15, -0.1) is 0 Å². The highest BCUT2D eigenvalue weighted by molar-refractivity contribution is 5.83. The molecule has 0 aromatic rings. The molecule has 0 aromatic heterocycles. The first-order chi connectivity index (χ1) is 9.20. The van der Waals surface area contributed by atoms with E-state index in [0.29, 0.717) is 37.8 Å². The lowest BCUT2D eigenvalue weighted by Gasteiger charge is -2.31. The van der Waals surface area contributed by atoms with Crippen LogP contribution in [0.25, 0.3) is 0 Å². The highest BCUT2D eigenvalue weighted by Crippen LogP contribution is 2.29. The van der Waals surface area contributed by atoms with Crippen molar-refractivity contribution in [3.05, 3.63) is 0 Å². The van der Waals surface area contributed by atoms with Crippen molar-refractivity contribution in [1.82, 2.24) is 10.6 Å². The zero-order valence-electron chi connectivity index (χ0n) is 11.4. The van der Waals surface area contributed by atoms with Gasteiger partial charge >= 0.3 is 0 Å². The first kappa shape index (κ1) is 14.3. The molecule has 0 spiro atoms. The summed E-state index contributed by atoms with van der Waals surface area (Å²) in [6.45, 7) is 1.34. The summed E-state index contributed by atoms with van der Waals surface area (Å²) in [5.41, 5.74) is 0. The zero-order chi connectivity index (χ0) is 13.7. The molecule has 2 fully saturated rings. The number of carbonyl (C=O) groups is 2. The number of piperidine rings is 1. The van der Waals surface area contributed by atoms with Gasteiger partial charge in [-0.05, 0) is 31.1 Å². The van der Waals surface area contributed by atoms with E-state index >= 15 is 0 Å². The maximum absolute atomic E-state index is 12.0. The maximum atomic E-state index is 12.0. The summed E-state index contributed by atoms with van der Waals surface area (Å²) in [6.07, 6.45) is 5.62. The van der Waals surface area contributed by atoms with Crippen LogP contribution in [0.1, 0.15) is 38.5 Å². The molecule has 0 bridgehead atoms. The fourth-order valence-corrected chi connectivity index (χ4v) is 3.13. The van der Waals surface area contributed by atoms with E-state index in [1.54, 1.807) is 0 Å². The van der Waals surface area contributed by atoms with E-state index in [2.05, 4.69) is 10.6 Å². The summed E-state index contributed by atoms with van der Waals surface area (Å²) in [6, 6.07) is 0. The smallest absolute Gasteiger partial charge is 0.224 e. The van der Waals surface area contributed by atoms with Gasteiger partial charge in [-0.1, -0.05) is 12.8 Å². The molecule has 1 heterocycles. The number of nitrogens with one attached hydrogen (secondary N) is 2. The van der Waals surface area contributed by atoms with Crippen LogP contribution >= 0.6 is 0 Å². The van der Waals surface area contributed by atoms with Crippen LogP contribution in [0.15, 0.2) is 0 Å². The lowest BCUT2D eigenvalue weighted by Crippen LogP contribution is -2.45. The van der Waals surface area contributed by atoms with Crippen molar-refractivity contribution in [2.45, 2.75) is 38.5 Å². The summed E-state index contributed by atoms with van der Waals surface area (Å²) in [5, 5.41) is 15.1. The molecule has 1 aliphatic heterocycles. The molecule has 0 aromatic carbocycles. The molecule has 3 N–H and O–H groups in total. The van der Waals surface area contributed by atoms with E-state index in [9.17, 15) is 14.7 Å². The first-order valence-corrected chi connectivity index (χ1v) is 7.36. The van der Waals surface area contributed by atoms with Crippen molar-refractivity contribution >= 4 is 11.8 Å². The molecule has 0 radical (unpaired) electrons. The second kappa shape index (κ2) is 6.89. The van der Waals surface area contributed by atoms with Crippen LogP contribution in [0.3, 0.4) is 0 Å². The van der Waals surface area contributed by atoms with Crippen LogP contribution in [0.5, 0.6) is 0 Å². The maximum Gasteiger partial charge on any atom is 0.224 e. The minimum Gasteiger partial charge on any atom is -0.396 e. The summed E-state index contributed by atoms with van der Waals surface area (Å²) in [7, 11) is 0. The van der Waals surface area contributed by atoms with Gasteiger partial charge in [0.2, 0.25) is 11.8 Å². The van der Waals surface area contributed by atoms with E-state index in [-0.39, 0.29) is 24.3 Å². The summed E-state index contributed by atoms with van der Waals surface area (Å²) in [4.78, 5) is 23.1. The van der Waals surface area contributed by atoms with Crippen LogP contribution in [0.4, 0.5) is 0 Å². The van der Waals surface area contributed by atoms with Crippen molar-refractivity contribution in [2.75, 3.05) is 19.7 Å². The second-order valence-corrected chi connectivity index (χ2v) is 5.77. The molecule has 1 saturated heterocycles. The molecular weight excluding hydrogens is 244 g/mol. The monoisotopic (exact) mass is 268 g/mol. The van der Waals surface area contributed by atoms with Crippen LogP contribution in [-0.4, -0.2) is 36.6 Å². The number of hydrogen-bond donors (Lipinski definition) is 3. The minimum absolute atomic E-state index is 0.0386. The number of aliphatic hydroxyl groups excluding tert-OH is 1. The van der Waals surface area contributed by atoms with Gasteiger partial charge in [-0.2, -0.15) is 0 Å². The van der Waals surface area contributed by atoms with Gasteiger partial charge in [0.05, 0.1) is 5.92 Å². The third kappa shape index (κ3) is 3.93. The Balaban J connectivity index is 1.74. The normalized spacial score (nSPS) is 31.6. The molecule has 108 valence electrons. The van der Waals surface area contributed by atoms with E-state index in [1.165, 1.54) is 12.8 Å². The van der Waals surface area contributed by atoms with Crippen molar-refractivity contribution in [3.63, 3.8) is 0 Å². The topological polar surface area (TPSA) is 78.4 Å². The zero-order valence-corrected chi connectivity index (χ0v) is 11.4. The van der Waals surface area contributed by atoms with Gasteiger partial charge < -0.3 is 15.7 Å². The van der Waals surface area contributed by atoms with E-state index in [0.717, 1.165) is 12.8 Å². The average Bonchev–Trinajstić information content (AvgIpc) is 2.45. The first-order valence-electron chi connectivity index (χ1n) is 7.36. The average molecular weight is 268 g/mol. The highest BCUT2D eigenvalue weighted by atomic mass is 16.3. The predicted molar refractivity (Wildman–Crippen MR) is 71.3 cm³/mol. The number of aliphatic hydroxyl groups is 1. The standard InChI is InChI=1S/C14H24N2O3/c17-9-12-4-2-1-3-10(12)7-16-14(19)11-5-6-13(18)15-8-11/h10-12,17H,1-9H2,(H,15,18)(H,16,19). The third-order valence-corrected chi connectivity index (χ3v) is 4.48. The largest absolute Gasteiger partial charge is 0.396 e. The van der Waals surface area contributed by atoms with Crippen LogP contribution in [0, 0.1) is 17.8 Å². The number of amides is 2. The lowest BCUT2D eigenvalue weighted by atomic mass is 9.79. The number of carbonyl (C=O) groups excluding carboxylic acids is 2. The Hall–Kier alpha value is -1.10. The molecule has 19 heavy (non-hydrogen) atoms. The van der Waals surface area contributed by atoms with Crippen molar-refractivity contribution in [1.29, 1.82) is 0 Å². The van der Waals surface area contributed by atoms with Crippen molar-refractivity contribution in [3.8, 4) is 0 Å². The summed E-state index contributed by atoms with van der Waals surface area (Å²) in [5.74, 6) is 0.730. The fraction of sp³-hybridized carbons (Fsp3) is 0.857. The van der Waals surface area contributed by atoms with Gasteiger partial charge in [-0.3, -0.25) is 9.59 Å². The second-order valence-electron chi connectivity index (χ2n) is 5.77. The number of rotatable bonds is 4. The number of hydrogen-bond acceptors (Lipinski definition) is 3. The lowest BCUT2D eigenvalue weighted by molar-refractivity contribution is -0.129. The molecule has 3 unspecified atom stereocenters. The molecule has 5 nitrogen and oxygen atoms in total. The van der Waals surface area contributed by atoms with Gasteiger partial charge in [0.25, 0.3) is 0 Å². The Kier molecular flexibility index (Phi) is 5.19. The Morgan fingerprint density at radius 3 is 2.63 bits per heavy atom. The van der Waals surface area contributed by atoms with Gasteiger partial charge in [-0.25, -0.2) is 0 Å². The van der Waals surface area contributed by atoms with Gasteiger partial charge in [0.1, 0.15) is 0 Å². The third-order valence-electron chi connectivity index (χ3n) is 4.48. The molecule has 2 aliphatic rings. The quantitative estimate of drug-likeness (QED) is 0.692. The Morgan fingerprint density at radius 1 is 1.26 bits per heavy atom. The van der Waals surface area contributed by atoms with E-state index in [1.807, 2.05) is 0 Å². The Labute approximate surface area is 114 Å². The molecule has 5 heteroatoms. The van der Waals surface area contributed by atoms with Gasteiger partial charge in [0, 0.05) is 26.1 Å². The Bertz CT molecular complexity index is 323. The molecule has 2 rings (SSSR count). The summed E-state index contributed by atoms with van der Waals surface area (Å²) >= 11 is 0. The Morgan fingerprint density at radius 2 is 2.00 bits per heavy atom. The van der Waals surface area contributed by atoms with Crippen molar-refractivity contribution in [2.24, 2.45) is 17.8 Å². The minimum atomic E-state index is -0.0890. The summed E-state index contributed by atoms with van der Waals surface area (Å²) < 4.78 is 0. The molecule has 2 amide bonds. The van der Waals surface area contributed by atoms with Crippen LogP contribution < -0.4 is 10.6 Å². The van der Waals surface area contributed by atoms with Crippen LogP contribution in [-0.2, 0) is 9.59 Å². The molecule has 1 aliphatic carbocycles. The van der Waals surface area contributed by atoms with Crippen molar-refractivity contribution < 1.29 is 14.7 Å².